The van der Waals surface area contributed by atoms with E-state index >= 15 is 0 Å². The zero-order valence-corrected chi connectivity index (χ0v) is 13.5. The van der Waals surface area contributed by atoms with Crippen LogP contribution in [0, 0.1) is 5.92 Å². The summed E-state index contributed by atoms with van der Waals surface area (Å²) < 4.78 is 1.02. The molecule has 0 aromatic carbocycles. The maximum atomic E-state index is 12.3. The van der Waals surface area contributed by atoms with Crippen molar-refractivity contribution < 1.29 is 4.79 Å². The zero-order chi connectivity index (χ0) is 12.3. The van der Waals surface area contributed by atoms with Crippen LogP contribution in [-0.4, -0.2) is 29.2 Å². The second kappa shape index (κ2) is 6.34. The van der Waals surface area contributed by atoms with Crippen LogP contribution < -0.4 is 0 Å². The number of carbonyl (C=O) groups is 1. The minimum absolute atomic E-state index is 0.194. The summed E-state index contributed by atoms with van der Waals surface area (Å²) in [5.41, 5.74) is 0. The number of hydrogen-bond acceptors (Lipinski definition) is 2. The van der Waals surface area contributed by atoms with Gasteiger partial charge in [-0.1, -0.05) is 15.9 Å². The Labute approximate surface area is 123 Å². The summed E-state index contributed by atoms with van der Waals surface area (Å²) in [6.07, 6.45) is 3.55. The van der Waals surface area contributed by atoms with Gasteiger partial charge in [-0.05, 0) is 53.2 Å². The first-order chi connectivity index (χ1) is 8.20. The lowest BCUT2D eigenvalue weighted by Gasteiger charge is -2.32. The van der Waals surface area contributed by atoms with Crippen molar-refractivity contribution in [1.82, 2.24) is 4.90 Å². The van der Waals surface area contributed by atoms with Crippen molar-refractivity contribution in [3.05, 3.63) is 20.8 Å². The van der Waals surface area contributed by atoms with Crippen molar-refractivity contribution in [1.29, 1.82) is 0 Å². The summed E-state index contributed by atoms with van der Waals surface area (Å²) in [6, 6.07) is 3.85. The maximum Gasteiger partial charge on any atom is 0.263 e. The van der Waals surface area contributed by atoms with Gasteiger partial charge in [0.05, 0.1) is 8.66 Å². The third kappa shape index (κ3) is 3.55. The fourth-order valence-corrected chi connectivity index (χ4v) is 4.23. The van der Waals surface area contributed by atoms with Gasteiger partial charge in [0.25, 0.3) is 5.91 Å². The van der Waals surface area contributed by atoms with Crippen LogP contribution in [0.2, 0.25) is 0 Å². The summed E-state index contributed by atoms with van der Waals surface area (Å²) >= 11 is 8.41. The fraction of sp³-hybridized carbons (Fsp3) is 0.583. The molecule has 17 heavy (non-hydrogen) atoms. The second-order valence-electron chi connectivity index (χ2n) is 4.34. The van der Waals surface area contributed by atoms with E-state index in [-0.39, 0.29) is 5.91 Å². The van der Waals surface area contributed by atoms with Crippen LogP contribution in [0.1, 0.15) is 28.9 Å². The maximum absolute atomic E-state index is 12.3. The largest absolute Gasteiger partial charge is 0.338 e. The molecule has 1 unspecified atom stereocenters. The number of alkyl halides is 1. The van der Waals surface area contributed by atoms with Gasteiger partial charge in [0.15, 0.2) is 0 Å². The molecule has 1 aliphatic rings. The van der Waals surface area contributed by atoms with Crippen molar-refractivity contribution in [3.63, 3.8) is 0 Å². The number of halogens is 2. The third-order valence-corrected chi connectivity index (χ3v) is 5.18. The molecule has 1 aliphatic heterocycles. The molecule has 2 nitrogen and oxygen atoms in total. The third-order valence-electron chi connectivity index (χ3n) is 3.11. The normalized spacial score (nSPS) is 20.6. The Hall–Kier alpha value is 0.130. The van der Waals surface area contributed by atoms with E-state index in [1.54, 1.807) is 0 Å². The predicted molar refractivity (Wildman–Crippen MR) is 79.1 cm³/mol. The van der Waals surface area contributed by atoms with E-state index in [0.29, 0.717) is 5.92 Å². The standard InChI is InChI=1S/C12H15Br2NOS/c13-6-5-9-2-1-7-15(8-9)12(16)10-3-4-11(14)17-10/h3-4,9H,1-2,5-8H2. The molecule has 0 N–H and O–H groups in total. The number of likely N-dealkylation sites (tertiary alicyclic amines) is 1. The van der Waals surface area contributed by atoms with Crippen LogP contribution in [0.3, 0.4) is 0 Å². The van der Waals surface area contributed by atoms with Gasteiger partial charge < -0.3 is 4.90 Å². The van der Waals surface area contributed by atoms with Crippen LogP contribution in [0.5, 0.6) is 0 Å². The van der Waals surface area contributed by atoms with Crippen molar-refractivity contribution in [2.45, 2.75) is 19.3 Å². The van der Waals surface area contributed by atoms with E-state index in [1.807, 2.05) is 17.0 Å². The number of piperidine rings is 1. The molecule has 1 saturated heterocycles. The van der Waals surface area contributed by atoms with Gasteiger partial charge in [0, 0.05) is 18.4 Å². The molecule has 0 saturated carbocycles. The summed E-state index contributed by atoms with van der Waals surface area (Å²) in [7, 11) is 0. The Morgan fingerprint density at radius 1 is 1.53 bits per heavy atom. The zero-order valence-electron chi connectivity index (χ0n) is 9.49. The highest BCUT2D eigenvalue weighted by Gasteiger charge is 2.24. The van der Waals surface area contributed by atoms with Crippen molar-refractivity contribution in [3.8, 4) is 0 Å². The van der Waals surface area contributed by atoms with Crippen molar-refractivity contribution in [2.24, 2.45) is 5.92 Å². The first-order valence-electron chi connectivity index (χ1n) is 5.81. The van der Waals surface area contributed by atoms with Gasteiger partial charge >= 0.3 is 0 Å². The minimum Gasteiger partial charge on any atom is -0.338 e. The van der Waals surface area contributed by atoms with E-state index in [2.05, 4.69) is 31.9 Å². The smallest absolute Gasteiger partial charge is 0.263 e. The first-order valence-corrected chi connectivity index (χ1v) is 8.54. The molecule has 0 spiro atoms. The molecule has 1 aromatic heterocycles. The first kappa shape index (κ1) is 13.6. The quantitative estimate of drug-likeness (QED) is 0.721. The molecule has 2 rings (SSSR count). The molecule has 0 radical (unpaired) electrons. The van der Waals surface area contributed by atoms with Gasteiger partial charge in [-0.15, -0.1) is 11.3 Å². The van der Waals surface area contributed by atoms with Gasteiger partial charge in [-0.3, -0.25) is 4.79 Å². The highest BCUT2D eigenvalue weighted by Crippen LogP contribution is 2.26. The monoisotopic (exact) mass is 379 g/mol. The lowest BCUT2D eigenvalue weighted by molar-refractivity contribution is 0.0677. The molecular weight excluding hydrogens is 366 g/mol. The summed E-state index contributed by atoms with van der Waals surface area (Å²) in [4.78, 5) is 15.1. The summed E-state index contributed by atoms with van der Waals surface area (Å²) in [5, 5.41) is 1.03. The topological polar surface area (TPSA) is 20.3 Å². The van der Waals surface area contributed by atoms with Crippen LogP contribution in [0.25, 0.3) is 0 Å². The number of amides is 1. The molecule has 1 amide bonds. The van der Waals surface area contributed by atoms with E-state index in [4.69, 9.17) is 0 Å². The number of carbonyl (C=O) groups excluding carboxylic acids is 1. The molecule has 1 aromatic rings. The Balaban J connectivity index is 1.99. The van der Waals surface area contributed by atoms with E-state index in [9.17, 15) is 4.79 Å². The average Bonchev–Trinajstić information content (AvgIpc) is 2.76. The SMILES string of the molecule is O=C(c1ccc(Br)s1)N1CCCC(CCBr)C1. The Morgan fingerprint density at radius 2 is 2.35 bits per heavy atom. The summed E-state index contributed by atoms with van der Waals surface area (Å²) in [5.74, 6) is 0.857. The van der Waals surface area contributed by atoms with Gasteiger partial charge in [0.1, 0.15) is 0 Å². The Kier molecular flexibility index (Phi) is 5.06. The Morgan fingerprint density at radius 3 is 3.00 bits per heavy atom. The van der Waals surface area contributed by atoms with Gasteiger partial charge in [-0.25, -0.2) is 0 Å². The van der Waals surface area contributed by atoms with Crippen LogP contribution in [-0.2, 0) is 0 Å². The highest BCUT2D eigenvalue weighted by molar-refractivity contribution is 9.11. The van der Waals surface area contributed by atoms with Crippen molar-refractivity contribution in [2.75, 3.05) is 18.4 Å². The average molecular weight is 381 g/mol. The molecule has 0 aliphatic carbocycles. The van der Waals surface area contributed by atoms with E-state index < -0.39 is 0 Å². The number of hydrogen-bond donors (Lipinski definition) is 0. The molecule has 1 fully saturated rings. The Bertz CT molecular complexity index is 392. The van der Waals surface area contributed by atoms with E-state index in [1.165, 1.54) is 17.8 Å². The minimum atomic E-state index is 0.194. The van der Waals surface area contributed by atoms with Crippen molar-refractivity contribution >= 4 is 49.1 Å². The lowest BCUT2D eigenvalue weighted by atomic mass is 9.95. The number of rotatable bonds is 3. The molecule has 5 heteroatoms. The van der Waals surface area contributed by atoms with Crippen LogP contribution >= 0.6 is 43.2 Å². The highest BCUT2D eigenvalue weighted by atomic mass is 79.9. The lowest BCUT2D eigenvalue weighted by Crippen LogP contribution is -2.39. The van der Waals surface area contributed by atoms with Gasteiger partial charge in [-0.2, -0.15) is 0 Å². The number of thiophene rings is 1. The molecule has 2 heterocycles. The van der Waals surface area contributed by atoms with Crippen LogP contribution in [0.4, 0.5) is 0 Å². The second-order valence-corrected chi connectivity index (χ2v) is 7.60. The molecule has 1 atom stereocenters. The molecule has 94 valence electrons. The van der Waals surface area contributed by atoms with E-state index in [0.717, 1.165) is 39.9 Å². The summed E-state index contributed by atoms with van der Waals surface area (Å²) in [6.45, 7) is 1.83. The molecule has 0 bridgehead atoms. The number of nitrogens with zero attached hydrogens (tertiary/aromatic N) is 1. The fourth-order valence-electron chi connectivity index (χ4n) is 2.22. The van der Waals surface area contributed by atoms with Crippen LogP contribution in [0.15, 0.2) is 15.9 Å². The predicted octanol–water partition coefficient (Wildman–Crippen LogP) is 4.15. The van der Waals surface area contributed by atoms with Gasteiger partial charge in [0.2, 0.25) is 0 Å². The molecular formula is C12H15Br2NOS.